The molecule has 0 radical (unpaired) electrons. The standard InChI is InChI=1S/C17H15ClN4O2/c1-24-14-9-7-13(8-10-14)22-15(11-18)20-21-16(22)17(23)19-12-5-3-2-4-6-12/h2-10H,11H2,1H3,(H,19,23). The first kappa shape index (κ1) is 16.0. The second-order valence-corrected chi connectivity index (χ2v) is 5.19. The molecule has 0 fully saturated rings. The molecule has 0 spiro atoms. The van der Waals surface area contributed by atoms with Crippen LogP contribution in [0.1, 0.15) is 16.4 Å². The summed E-state index contributed by atoms with van der Waals surface area (Å²) in [5.41, 5.74) is 1.41. The van der Waals surface area contributed by atoms with Gasteiger partial charge in [0.2, 0.25) is 5.82 Å². The Kier molecular flexibility index (Phi) is 4.77. The lowest BCUT2D eigenvalue weighted by Crippen LogP contribution is -2.18. The van der Waals surface area contributed by atoms with E-state index >= 15 is 0 Å². The van der Waals surface area contributed by atoms with Gasteiger partial charge in [0.05, 0.1) is 13.0 Å². The van der Waals surface area contributed by atoms with E-state index in [1.54, 1.807) is 35.9 Å². The number of methoxy groups -OCH3 is 1. The first-order valence-electron chi connectivity index (χ1n) is 7.24. The number of alkyl halides is 1. The molecular formula is C17H15ClN4O2. The summed E-state index contributed by atoms with van der Waals surface area (Å²) in [6.07, 6.45) is 0. The van der Waals surface area contributed by atoms with Gasteiger partial charge in [-0.15, -0.1) is 21.8 Å². The number of halogens is 1. The van der Waals surface area contributed by atoms with Crippen LogP contribution < -0.4 is 10.1 Å². The van der Waals surface area contributed by atoms with Crippen molar-refractivity contribution in [3.63, 3.8) is 0 Å². The predicted molar refractivity (Wildman–Crippen MR) is 91.9 cm³/mol. The fraction of sp³-hybridized carbons (Fsp3) is 0.118. The van der Waals surface area contributed by atoms with Crippen molar-refractivity contribution in [2.45, 2.75) is 5.88 Å². The van der Waals surface area contributed by atoms with E-state index in [1.807, 2.05) is 30.3 Å². The fourth-order valence-corrected chi connectivity index (χ4v) is 2.43. The van der Waals surface area contributed by atoms with Crippen molar-refractivity contribution in [2.75, 3.05) is 12.4 Å². The Bertz CT molecular complexity index is 832. The summed E-state index contributed by atoms with van der Waals surface area (Å²) in [7, 11) is 1.59. The van der Waals surface area contributed by atoms with E-state index in [2.05, 4.69) is 15.5 Å². The average molecular weight is 343 g/mol. The third-order valence-corrected chi connectivity index (χ3v) is 3.65. The Morgan fingerprint density at radius 1 is 1.12 bits per heavy atom. The van der Waals surface area contributed by atoms with Crippen molar-refractivity contribution in [1.82, 2.24) is 14.8 Å². The molecule has 1 aromatic heterocycles. The second kappa shape index (κ2) is 7.14. The van der Waals surface area contributed by atoms with Gasteiger partial charge in [0, 0.05) is 11.4 Å². The van der Waals surface area contributed by atoms with Gasteiger partial charge in [0.15, 0.2) is 5.82 Å². The van der Waals surface area contributed by atoms with Crippen molar-refractivity contribution in [2.24, 2.45) is 0 Å². The number of aromatic nitrogens is 3. The van der Waals surface area contributed by atoms with E-state index in [4.69, 9.17) is 16.3 Å². The minimum atomic E-state index is -0.360. The molecule has 6 nitrogen and oxygen atoms in total. The Labute approximate surface area is 144 Å². The lowest BCUT2D eigenvalue weighted by Gasteiger charge is -2.10. The lowest BCUT2D eigenvalue weighted by molar-refractivity contribution is 0.101. The van der Waals surface area contributed by atoms with Crippen LogP contribution in [0.15, 0.2) is 54.6 Å². The number of carbonyl (C=O) groups excluding carboxylic acids is 1. The van der Waals surface area contributed by atoms with Gasteiger partial charge in [0.25, 0.3) is 5.91 Å². The van der Waals surface area contributed by atoms with Crippen LogP contribution in [0.4, 0.5) is 5.69 Å². The molecule has 0 aliphatic rings. The smallest absolute Gasteiger partial charge is 0.293 e. The maximum absolute atomic E-state index is 12.6. The van der Waals surface area contributed by atoms with E-state index in [-0.39, 0.29) is 17.6 Å². The van der Waals surface area contributed by atoms with E-state index in [0.29, 0.717) is 11.5 Å². The Morgan fingerprint density at radius 2 is 1.83 bits per heavy atom. The highest BCUT2D eigenvalue weighted by Crippen LogP contribution is 2.19. The van der Waals surface area contributed by atoms with Crippen molar-refractivity contribution < 1.29 is 9.53 Å². The van der Waals surface area contributed by atoms with Crippen LogP contribution in [0, 0.1) is 0 Å². The number of rotatable bonds is 5. The van der Waals surface area contributed by atoms with Gasteiger partial charge in [-0.05, 0) is 36.4 Å². The van der Waals surface area contributed by atoms with Gasteiger partial charge in [-0.1, -0.05) is 18.2 Å². The molecule has 3 aromatic rings. The van der Waals surface area contributed by atoms with Crippen molar-refractivity contribution in [3.8, 4) is 11.4 Å². The molecule has 0 unspecified atom stereocenters. The van der Waals surface area contributed by atoms with E-state index in [9.17, 15) is 4.79 Å². The van der Waals surface area contributed by atoms with Crippen LogP contribution in [-0.2, 0) is 5.88 Å². The normalized spacial score (nSPS) is 10.4. The van der Waals surface area contributed by atoms with Gasteiger partial charge in [-0.3, -0.25) is 9.36 Å². The van der Waals surface area contributed by atoms with Gasteiger partial charge >= 0.3 is 0 Å². The molecular weight excluding hydrogens is 328 g/mol. The number of hydrogen-bond acceptors (Lipinski definition) is 4. The third-order valence-electron chi connectivity index (χ3n) is 3.41. The monoisotopic (exact) mass is 342 g/mol. The van der Waals surface area contributed by atoms with Crippen molar-refractivity contribution >= 4 is 23.2 Å². The molecule has 24 heavy (non-hydrogen) atoms. The predicted octanol–water partition coefficient (Wildman–Crippen LogP) is 3.27. The van der Waals surface area contributed by atoms with Gasteiger partial charge in [0.1, 0.15) is 5.75 Å². The van der Waals surface area contributed by atoms with Gasteiger partial charge in [-0.25, -0.2) is 0 Å². The van der Waals surface area contributed by atoms with Crippen LogP contribution in [0.5, 0.6) is 5.75 Å². The quantitative estimate of drug-likeness (QED) is 0.722. The summed E-state index contributed by atoms with van der Waals surface area (Å²) in [6, 6.07) is 16.4. The largest absolute Gasteiger partial charge is 0.497 e. The molecule has 0 atom stereocenters. The molecule has 1 heterocycles. The highest BCUT2D eigenvalue weighted by Gasteiger charge is 2.20. The number of anilines is 1. The minimum absolute atomic E-state index is 0.137. The lowest BCUT2D eigenvalue weighted by atomic mass is 10.3. The summed E-state index contributed by atoms with van der Waals surface area (Å²) in [5, 5.41) is 10.8. The highest BCUT2D eigenvalue weighted by atomic mass is 35.5. The molecule has 122 valence electrons. The molecule has 1 amide bonds. The first-order valence-corrected chi connectivity index (χ1v) is 7.77. The third kappa shape index (κ3) is 3.23. The Morgan fingerprint density at radius 3 is 2.46 bits per heavy atom. The average Bonchev–Trinajstić information content (AvgIpc) is 3.07. The van der Waals surface area contributed by atoms with E-state index < -0.39 is 0 Å². The van der Waals surface area contributed by atoms with E-state index in [0.717, 1.165) is 11.4 Å². The second-order valence-electron chi connectivity index (χ2n) is 4.93. The summed E-state index contributed by atoms with van der Waals surface area (Å²) < 4.78 is 6.78. The minimum Gasteiger partial charge on any atom is -0.497 e. The zero-order chi connectivity index (χ0) is 16.9. The van der Waals surface area contributed by atoms with Crippen molar-refractivity contribution in [1.29, 1.82) is 0 Å². The number of ether oxygens (including phenoxy) is 1. The molecule has 0 saturated heterocycles. The molecule has 0 aliphatic heterocycles. The number of benzene rings is 2. The number of hydrogen-bond donors (Lipinski definition) is 1. The fourth-order valence-electron chi connectivity index (χ4n) is 2.26. The molecule has 0 aliphatic carbocycles. The molecule has 3 rings (SSSR count). The Balaban J connectivity index is 1.96. The number of carbonyl (C=O) groups is 1. The maximum atomic E-state index is 12.6. The SMILES string of the molecule is COc1ccc(-n2c(CCl)nnc2C(=O)Nc2ccccc2)cc1. The van der Waals surface area contributed by atoms with Gasteiger partial charge < -0.3 is 10.1 Å². The summed E-state index contributed by atoms with van der Waals surface area (Å²) >= 11 is 5.94. The molecule has 7 heteroatoms. The number of nitrogens with one attached hydrogen (secondary N) is 1. The molecule has 1 N–H and O–H groups in total. The van der Waals surface area contributed by atoms with Gasteiger partial charge in [-0.2, -0.15) is 0 Å². The number of amides is 1. The van der Waals surface area contributed by atoms with Crippen molar-refractivity contribution in [3.05, 3.63) is 66.2 Å². The maximum Gasteiger partial charge on any atom is 0.293 e. The number of para-hydroxylation sites is 1. The van der Waals surface area contributed by atoms with Crippen LogP contribution in [-0.4, -0.2) is 27.8 Å². The Hall–Kier alpha value is -2.86. The van der Waals surface area contributed by atoms with Crippen LogP contribution in [0.2, 0.25) is 0 Å². The van der Waals surface area contributed by atoms with Crippen LogP contribution in [0.25, 0.3) is 5.69 Å². The highest BCUT2D eigenvalue weighted by molar-refractivity contribution is 6.16. The summed E-state index contributed by atoms with van der Waals surface area (Å²) in [5.74, 6) is 1.15. The zero-order valence-corrected chi connectivity index (χ0v) is 13.7. The first-order chi connectivity index (χ1) is 11.7. The molecule has 0 bridgehead atoms. The van der Waals surface area contributed by atoms with E-state index in [1.165, 1.54) is 0 Å². The summed E-state index contributed by atoms with van der Waals surface area (Å²) in [6.45, 7) is 0. The van der Waals surface area contributed by atoms with Crippen LogP contribution >= 0.6 is 11.6 Å². The summed E-state index contributed by atoms with van der Waals surface area (Å²) in [4.78, 5) is 12.6. The zero-order valence-electron chi connectivity index (χ0n) is 12.9. The number of nitrogens with zero attached hydrogens (tertiary/aromatic N) is 3. The topological polar surface area (TPSA) is 69.0 Å². The molecule has 0 saturated carbocycles. The molecule has 2 aromatic carbocycles. The van der Waals surface area contributed by atoms with Crippen LogP contribution in [0.3, 0.4) is 0 Å².